The van der Waals surface area contributed by atoms with Gasteiger partial charge in [-0.1, -0.05) is 0 Å². The molecule has 1 rings (SSSR count). The molecule has 1 heterocycles. The molecule has 1 aliphatic rings. The van der Waals surface area contributed by atoms with Gasteiger partial charge in [0.1, 0.15) is 11.4 Å². The second-order valence-electron chi connectivity index (χ2n) is 4.14. The Morgan fingerprint density at radius 2 is 2.25 bits per heavy atom. The van der Waals surface area contributed by atoms with Crippen molar-refractivity contribution in [1.82, 2.24) is 5.32 Å². The van der Waals surface area contributed by atoms with Crippen LogP contribution in [0.15, 0.2) is 21.9 Å². The van der Waals surface area contributed by atoms with Gasteiger partial charge in [-0.25, -0.2) is 14.8 Å². The van der Waals surface area contributed by atoms with Crippen molar-refractivity contribution in [3.63, 3.8) is 0 Å². The van der Waals surface area contributed by atoms with Gasteiger partial charge < -0.3 is 4.74 Å². The van der Waals surface area contributed by atoms with Crippen LogP contribution < -0.4 is 5.32 Å². The Morgan fingerprint density at radius 3 is 2.88 bits per heavy atom. The number of rotatable bonds is 1. The summed E-state index contributed by atoms with van der Waals surface area (Å²) < 4.78 is 5.07. The molecule has 1 aliphatic heterocycles. The van der Waals surface area contributed by atoms with Crippen LogP contribution in [0.1, 0.15) is 27.2 Å². The summed E-state index contributed by atoms with van der Waals surface area (Å²) in [7, 11) is 0. The van der Waals surface area contributed by atoms with Crippen molar-refractivity contribution < 1.29 is 9.53 Å². The molecule has 16 heavy (non-hydrogen) atoms. The average molecular weight is 244 g/mol. The van der Waals surface area contributed by atoms with Crippen LogP contribution in [0.25, 0.3) is 0 Å². The van der Waals surface area contributed by atoms with E-state index < -0.39 is 11.7 Å². The fourth-order valence-corrected chi connectivity index (χ4v) is 1.11. The third kappa shape index (κ3) is 4.93. The number of halogens is 1. The third-order valence-corrected chi connectivity index (χ3v) is 1.64. The van der Waals surface area contributed by atoms with Crippen molar-refractivity contribution >= 4 is 29.2 Å². The number of aliphatic imine (C=N–C) groups is 2. The maximum atomic E-state index is 11.4. The van der Waals surface area contributed by atoms with Gasteiger partial charge in [0.25, 0.3) is 0 Å². The summed E-state index contributed by atoms with van der Waals surface area (Å²) >= 11 is 5.65. The van der Waals surface area contributed by atoms with Gasteiger partial charge in [-0.15, -0.1) is 0 Å². The zero-order valence-corrected chi connectivity index (χ0v) is 10.2. The molecular formula is C10H14ClN3O2. The van der Waals surface area contributed by atoms with Gasteiger partial charge in [-0.2, -0.15) is 0 Å². The summed E-state index contributed by atoms with van der Waals surface area (Å²) in [4.78, 5) is 19.1. The lowest BCUT2D eigenvalue weighted by atomic mass is 10.2. The Bertz CT molecular complexity index is 367. The minimum atomic E-state index is -0.561. The van der Waals surface area contributed by atoms with E-state index >= 15 is 0 Å². The second-order valence-corrected chi connectivity index (χ2v) is 4.48. The first kappa shape index (κ1) is 12.7. The molecule has 0 atom stereocenters. The predicted molar refractivity (Wildman–Crippen MR) is 63.8 cm³/mol. The fourth-order valence-electron chi connectivity index (χ4n) is 0.953. The number of nitrogens with zero attached hydrogens (tertiary/aromatic N) is 2. The van der Waals surface area contributed by atoms with Crippen LogP contribution in [0.2, 0.25) is 0 Å². The average Bonchev–Trinajstić information content (AvgIpc) is 2.26. The van der Waals surface area contributed by atoms with Crippen LogP contribution in [0, 0.1) is 0 Å². The number of amidine groups is 1. The molecule has 1 N–H and O–H groups in total. The zero-order chi connectivity index (χ0) is 12.2. The zero-order valence-electron chi connectivity index (χ0n) is 9.45. The number of hydrogen-bond acceptors (Lipinski definition) is 4. The Balaban J connectivity index is 2.58. The molecule has 0 spiro atoms. The monoisotopic (exact) mass is 243 g/mol. The Morgan fingerprint density at radius 1 is 1.56 bits per heavy atom. The molecule has 0 aromatic rings. The Hall–Kier alpha value is -1.36. The molecule has 5 nitrogen and oxygen atoms in total. The largest absolute Gasteiger partial charge is 0.444 e. The predicted octanol–water partition coefficient (Wildman–Crippen LogP) is 2.42. The van der Waals surface area contributed by atoms with Crippen molar-refractivity contribution in [2.75, 3.05) is 0 Å². The number of carbonyl (C=O) groups excluding carboxylic acids is 1. The first-order valence-corrected chi connectivity index (χ1v) is 5.21. The van der Waals surface area contributed by atoms with Crippen LogP contribution in [0.4, 0.5) is 4.79 Å². The first-order chi connectivity index (χ1) is 7.37. The lowest BCUT2D eigenvalue weighted by molar-refractivity contribution is 0.0545. The molecule has 6 heteroatoms. The summed E-state index contributed by atoms with van der Waals surface area (Å²) in [6.45, 7) is 5.36. The molecule has 1 amide bonds. The summed E-state index contributed by atoms with van der Waals surface area (Å²) in [5.74, 6) is 0.344. The van der Waals surface area contributed by atoms with E-state index in [2.05, 4.69) is 15.3 Å². The number of nitrogens with one attached hydrogen (secondary N) is 1. The Labute approximate surface area is 99.2 Å². The van der Waals surface area contributed by atoms with Gasteiger partial charge in [0.2, 0.25) is 5.29 Å². The molecule has 0 aromatic heterocycles. The number of ether oxygens (including phenoxy) is 1. The van der Waals surface area contributed by atoms with E-state index in [4.69, 9.17) is 16.3 Å². The molecule has 0 aromatic carbocycles. The number of carbonyl (C=O) groups is 1. The molecule has 0 bridgehead atoms. The molecule has 0 saturated heterocycles. The van der Waals surface area contributed by atoms with Crippen LogP contribution in [-0.2, 0) is 4.74 Å². The minimum Gasteiger partial charge on any atom is -0.444 e. The highest BCUT2D eigenvalue weighted by Crippen LogP contribution is 2.08. The second kappa shape index (κ2) is 5.12. The fraction of sp³-hybridized carbons (Fsp3) is 0.500. The number of amides is 1. The van der Waals surface area contributed by atoms with E-state index in [0.717, 1.165) is 0 Å². The maximum absolute atomic E-state index is 11.4. The highest BCUT2D eigenvalue weighted by Gasteiger charge is 2.17. The van der Waals surface area contributed by atoms with Crippen molar-refractivity contribution in [2.45, 2.75) is 32.8 Å². The van der Waals surface area contributed by atoms with Crippen molar-refractivity contribution in [3.05, 3.63) is 11.9 Å². The smallest absolute Gasteiger partial charge is 0.413 e. The van der Waals surface area contributed by atoms with Gasteiger partial charge in [0.15, 0.2) is 0 Å². The normalized spacial score (nSPS) is 16.0. The van der Waals surface area contributed by atoms with Crippen molar-refractivity contribution in [1.29, 1.82) is 0 Å². The summed E-state index contributed by atoms with van der Waals surface area (Å²) in [5.41, 5.74) is -0.542. The highest BCUT2D eigenvalue weighted by molar-refractivity contribution is 6.65. The molecule has 88 valence electrons. The quantitative estimate of drug-likeness (QED) is 0.719. The van der Waals surface area contributed by atoms with E-state index in [1.54, 1.807) is 33.1 Å². The maximum Gasteiger partial charge on any atom is 0.413 e. The summed E-state index contributed by atoms with van der Waals surface area (Å²) in [6, 6.07) is 0. The van der Waals surface area contributed by atoms with Gasteiger partial charge in [-0.3, -0.25) is 5.32 Å². The van der Waals surface area contributed by atoms with E-state index in [-0.39, 0.29) is 5.29 Å². The third-order valence-electron chi connectivity index (χ3n) is 1.46. The van der Waals surface area contributed by atoms with Crippen LogP contribution in [0.3, 0.4) is 0 Å². The van der Waals surface area contributed by atoms with Gasteiger partial charge in [-0.05, 0) is 38.4 Å². The summed E-state index contributed by atoms with van der Waals surface area (Å²) in [5, 5.41) is 2.58. The SMILES string of the molecule is CC(C)(C)OC(=O)NC1=CCC=NC(Cl)=N1. The molecule has 0 unspecified atom stereocenters. The van der Waals surface area contributed by atoms with Crippen LogP contribution in [0.5, 0.6) is 0 Å². The number of hydrogen-bond donors (Lipinski definition) is 1. The van der Waals surface area contributed by atoms with Crippen LogP contribution >= 0.6 is 11.6 Å². The lowest BCUT2D eigenvalue weighted by Gasteiger charge is -2.19. The summed E-state index contributed by atoms with van der Waals surface area (Å²) in [6.07, 6.45) is 3.30. The molecular weight excluding hydrogens is 230 g/mol. The van der Waals surface area contributed by atoms with E-state index in [9.17, 15) is 4.79 Å². The molecule has 0 aliphatic carbocycles. The van der Waals surface area contributed by atoms with Crippen molar-refractivity contribution in [3.8, 4) is 0 Å². The number of alkyl carbamates (subject to hydrolysis) is 1. The number of allylic oxidation sites excluding steroid dienone is 1. The van der Waals surface area contributed by atoms with Gasteiger partial charge in [0, 0.05) is 12.6 Å². The van der Waals surface area contributed by atoms with E-state index in [1.807, 2.05) is 0 Å². The minimum absolute atomic E-state index is 0.0832. The van der Waals surface area contributed by atoms with E-state index in [0.29, 0.717) is 12.2 Å². The lowest BCUT2D eigenvalue weighted by Crippen LogP contribution is -2.31. The standard InChI is InChI=1S/C10H14ClN3O2/c1-10(2,3)16-9(15)14-7-5-4-6-12-8(11)13-7/h5-6H,4H2,1-3H3,(H,14,15). The topological polar surface area (TPSA) is 63.0 Å². The van der Waals surface area contributed by atoms with E-state index in [1.165, 1.54) is 0 Å². The van der Waals surface area contributed by atoms with Gasteiger partial charge >= 0.3 is 6.09 Å². The molecule has 0 fully saturated rings. The van der Waals surface area contributed by atoms with Crippen molar-refractivity contribution in [2.24, 2.45) is 9.98 Å². The Kier molecular flexibility index (Phi) is 4.06. The van der Waals surface area contributed by atoms with Crippen LogP contribution in [-0.4, -0.2) is 23.2 Å². The van der Waals surface area contributed by atoms with Gasteiger partial charge in [0.05, 0.1) is 0 Å². The first-order valence-electron chi connectivity index (χ1n) is 4.84. The highest BCUT2D eigenvalue weighted by atomic mass is 35.5. The molecule has 0 saturated carbocycles. The molecule has 0 radical (unpaired) electrons.